The Hall–Kier alpha value is -2.72. The van der Waals surface area contributed by atoms with E-state index < -0.39 is 0 Å². The molecule has 1 amide bonds. The fraction of sp³-hybridized carbons (Fsp3) is 0.136. The Kier molecular flexibility index (Phi) is 5.97. The Bertz CT molecular complexity index is 846. The lowest BCUT2D eigenvalue weighted by molar-refractivity contribution is 0.0943. The van der Waals surface area contributed by atoms with Gasteiger partial charge in [0, 0.05) is 10.5 Å². The molecule has 3 aromatic rings. The van der Waals surface area contributed by atoms with E-state index in [1.165, 1.54) is 0 Å². The van der Waals surface area contributed by atoms with Gasteiger partial charge in [0.2, 0.25) is 0 Å². The van der Waals surface area contributed by atoms with Crippen molar-refractivity contribution in [3.05, 3.63) is 95.6 Å². The number of nitrogens with one attached hydrogen (secondary N) is 1. The number of rotatable bonds is 6. The zero-order chi connectivity index (χ0) is 18.4. The minimum absolute atomic E-state index is 0.0951. The first-order chi connectivity index (χ1) is 12.7. The molecule has 1 N–H and O–H groups in total. The highest BCUT2D eigenvalue weighted by Gasteiger charge is 2.18. The average molecular weight is 363 g/mol. The summed E-state index contributed by atoms with van der Waals surface area (Å²) in [5, 5.41) is 3.15. The first-order valence-corrected chi connectivity index (χ1v) is 9.57. The Morgan fingerprint density at radius 3 is 2.08 bits per heavy atom. The van der Waals surface area contributed by atoms with Crippen LogP contribution in [-0.4, -0.2) is 19.3 Å². The van der Waals surface area contributed by atoms with Crippen molar-refractivity contribution in [3.63, 3.8) is 0 Å². The molecule has 0 aliphatic carbocycles. The van der Waals surface area contributed by atoms with Crippen molar-refractivity contribution in [2.24, 2.45) is 0 Å². The topological polar surface area (TPSA) is 38.3 Å². The molecular formula is C22H21NO2S. The number of thioether (sulfide) groups is 1. The van der Waals surface area contributed by atoms with Gasteiger partial charge in [-0.1, -0.05) is 42.5 Å². The number of hydrogen-bond acceptors (Lipinski definition) is 3. The van der Waals surface area contributed by atoms with Crippen LogP contribution in [0.4, 0.5) is 0 Å². The Morgan fingerprint density at radius 1 is 0.885 bits per heavy atom. The number of carbonyl (C=O) groups excluding carboxylic acids is 1. The first kappa shape index (κ1) is 18.1. The van der Waals surface area contributed by atoms with Gasteiger partial charge in [-0.25, -0.2) is 0 Å². The van der Waals surface area contributed by atoms with Crippen molar-refractivity contribution in [3.8, 4) is 5.75 Å². The molecule has 26 heavy (non-hydrogen) atoms. The third-order valence-corrected chi connectivity index (χ3v) is 4.95. The second-order valence-electron chi connectivity index (χ2n) is 5.82. The average Bonchev–Trinajstić information content (AvgIpc) is 2.72. The standard InChI is InChI=1S/C22H21NO2S/c1-25-19-12-8-17(9-13-19)21(16-6-4-3-5-7-16)23-22(24)18-10-14-20(26-2)15-11-18/h3-15,21H,1-2H3,(H,23,24). The van der Waals surface area contributed by atoms with Crippen molar-refractivity contribution in [2.45, 2.75) is 10.9 Å². The van der Waals surface area contributed by atoms with Crippen LogP contribution >= 0.6 is 11.8 Å². The van der Waals surface area contributed by atoms with E-state index in [9.17, 15) is 4.79 Å². The van der Waals surface area contributed by atoms with E-state index in [-0.39, 0.29) is 11.9 Å². The Balaban J connectivity index is 1.88. The van der Waals surface area contributed by atoms with Crippen LogP contribution < -0.4 is 10.1 Å². The summed E-state index contributed by atoms with van der Waals surface area (Å²) >= 11 is 1.66. The van der Waals surface area contributed by atoms with E-state index in [0.717, 1.165) is 21.8 Å². The van der Waals surface area contributed by atoms with Gasteiger partial charge >= 0.3 is 0 Å². The minimum atomic E-state index is -0.227. The summed E-state index contributed by atoms with van der Waals surface area (Å²) in [7, 11) is 1.64. The fourth-order valence-electron chi connectivity index (χ4n) is 2.76. The van der Waals surface area contributed by atoms with Gasteiger partial charge in [-0.05, 0) is 53.8 Å². The van der Waals surface area contributed by atoms with Gasteiger partial charge in [0.25, 0.3) is 5.91 Å². The largest absolute Gasteiger partial charge is 0.497 e. The summed E-state index contributed by atoms with van der Waals surface area (Å²) in [5.41, 5.74) is 2.69. The minimum Gasteiger partial charge on any atom is -0.497 e. The van der Waals surface area contributed by atoms with Crippen LogP contribution in [0.5, 0.6) is 5.75 Å². The molecule has 0 saturated heterocycles. The molecule has 3 rings (SSSR count). The van der Waals surface area contributed by atoms with Crippen molar-refractivity contribution in [2.75, 3.05) is 13.4 Å². The molecule has 0 saturated carbocycles. The quantitative estimate of drug-likeness (QED) is 0.631. The highest BCUT2D eigenvalue weighted by atomic mass is 32.2. The molecular weight excluding hydrogens is 342 g/mol. The summed E-state index contributed by atoms with van der Waals surface area (Å²) in [5.74, 6) is 0.696. The first-order valence-electron chi connectivity index (χ1n) is 8.35. The van der Waals surface area contributed by atoms with Gasteiger partial charge in [0.15, 0.2) is 0 Å². The van der Waals surface area contributed by atoms with Crippen molar-refractivity contribution < 1.29 is 9.53 Å². The second kappa shape index (κ2) is 8.59. The molecule has 1 unspecified atom stereocenters. The van der Waals surface area contributed by atoms with Crippen LogP contribution in [-0.2, 0) is 0 Å². The molecule has 3 aromatic carbocycles. The molecule has 0 aliphatic heterocycles. The van der Waals surface area contributed by atoms with E-state index in [1.807, 2.05) is 85.1 Å². The summed E-state index contributed by atoms with van der Waals surface area (Å²) in [6.07, 6.45) is 2.02. The molecule has 0 radical (unpaired) electrons. The molecule has 0 aliphatic rings. The van der Waals surface area contributed by atoms with Crippen molar-refractivity contribution in [1.29, 1.82) is 0 Å². The van der Waals surface area contributed by atoms with Gasteiger partial charge in [-0.15, -0.1) is 11.8 Å². The molecule has 0 aromatic heterocycles. The second-order valence-corrected chi connectivity index (χ2v) is 6.70. The molecule has 0 heterocycles. The summed E-state index contributed by atoms with van der Waals surface area (Å²) < 4.78 is 5.24. The highest BCUT2D eigenvalue weighted by molar-refractivity contribution is 7.98. The van der Waals surface area contributed by atoms with Gasteiger partial charge in [-0.3, -0.25) is 4.79 Å². The van der Waals surface area contributed by atoms with E-state index in [4.69, 9.17) is 4.74 Å². The van der Waals surface area contributed by atoms with Crippen LogP contribution in [0.1, 0.15) is 27.5 Å². The Labute approximate surface area is 158 Å². The Morgan fingerprint density at radius 2 is 1.50 bits per heavy atom. The lowest BCUT2D eigenvalue weighted by atomic mass is 9.98. The van der Waals surface area contributed by atoms with Gasteiger partial charge in [0.1, 0.15) is 5.75 Å². The lowest BCUT2D eigenvalue weighted by Gasteiger charge is -2.20. The molecule has 0 spiro atoms. The van der Waals surface area contributed by atoms with Crippen LogP contribution in [0.3, 0.4) is 0 Å². The maximum Gasteiger partial charge on any atom is 0.252 e. The van der Waals surface area contributed by atoms with E-state index in [0.29, 0.717) is 5.56 Å². The fourth-order valence-corrected chi connectivity index (χ4v) is 3.17. The molecule has 0 fully saturated rings. The van der Waals surface area contributed by atoms with Gasteiger partial charge in [0.05, 0.1) is 13.2 Å². The molecule has 4 heteroatoms. The van der Waals surface area contributed by atoms with Crippen molar-refractivity contribution >= 4 is 17.7 Å². The third-order valence-electron chi connectivity index (χ3n) is 4.21. The number of carbonyl (C=O) groups is 1. The predicted octanol–water partition coefficient (Wildman–Crippen LogP) is 4.94. The molecule has 3 nitrogen and oxygen atoms in total. The third kappa shape index (κ3) is 4.27. The molecule has 132 valence electrons. The van der Waals surface area contributed by atoms with Gasteiger partial charge in [-0.2, -0.15) is 0 Å². The number of benzene rings is 3. The van der Waals surface area contributed by atoms with Crippen LogP contribution in [0.25, 0.3) is 0 Å². The van der Waals surface area contributed by atoms with E-state index >= 15 is 0 Å². The normalized spacial score (nSPS) is 11.6. The van der Waals surface area contributed by atoms with Crippen LogP contribution in [0.15, 0.2) is 83.8 Å². The molecule has 0 bridgehead atoms. The number of methoxy groups -OCH3 is 1. The smallest absolute Gasteiger partial charge is 0.252 e. The summed E-state index contributed by atoms with van der Waals surface area (Å²) in [4.78, 5) is 13.9. The number of hydrogen-bond donors (Lipinski definition) is 1. The zero-order valence-corrected chi connectivity index (χ0v) is 15.6. The number of ether oxygens (including phenoxy) is 1. The molecule has 1 atom stereocenters. The van der Waals surface area contributed by atoms with E-state index in [1.54, 1.807) is 18.9 Å². The summed E-state index contributed by atoms with van der Waals surface area (Å²) in [6.45, 7) is 0. The summed E-state index contributed by atoms with van der Waals surface area (Å²) in [6, 6.07) is 25.2. The van der Waals surface area contributed by atoms with Crippen molar-refractivity contribution in [1.82, 2.24) is 5.32 Å². The lowest BCUT2D eigenvalue weighted by Crippen LogP contribution is -2.29. The predicted molar refractivity (Wildman–Crippen MR) is 107 cm³/mol. The highest BCUT2D eigenvalue weighted by Crippen LogP contribution is 2.25. The van der Waals surface area contributed by atoms with E-state index in [2.05, 4.69) is 5.32 Å². The SMILES string of the molecule is COc1ccc(C(NC(=O)c2ccc(SC)cc2)c2ccccc2)cc1. The maximum absolute atomic E-state index is 12.8. The number of amides is 1. The zero-order valence-electron chi connectivity index (χ0n) is 14.8. The van der Waals surface area contributed by atoms with Crippen LogP contribution in [0, 0.1) is 0 Å². The monoisotopic (exact) mass is 363 g/mol. The van der Waals surface area contributed by atoms with Crippen LogP contribution in [0.2, 0.25) is 0 Å². The van der Waals surface area contributed by atoms with Gasteiger partial charge < -0.3 is 10.1 Å². The maximum atomic E-state index is 12.8.